The minimum atomic E-state index is -0.333. The summed E-state index contributed by atoms with van der Waals surface area (Å²) in [4.78, 5) is 27.1. The second-order valence-electron chi connectivity index (χ2n) is 6.52. The third kappa shape index (κ3) is 3.95. The maximum absolute atomic E-state index is 13.7. The zero-order valence-corrected chi connectivity index (χ0v) is 14.9. The van der Waals surface area contributed by atoms with E-state index in [1.807, 2.05) is 6.07 Å². The van der Waals surface area contributed by atoms with Crippen molar-refractivity contribution in [2.24, 2.45) is 0 Å². The van der Waals surface area contributed by atoms with Gasteiger partial charge >= 0.3 is 0 Å². The van der Waals surface area contributed by atoms with Crippen molar-refractivity contribution in [2.45, 2.75) is 38.3 Å². The summed E-state index contributed by atoms with van der Waals surface area (Å²) in [6, 6.07) is 9.52. The van der Waals surface area contributed by atoms with E-state index in [1.165, 1.54) is 23.8 Å². The third-order valence-electron chi connectivity index (χ3n) is 4.82. The van der Waals surface area contributed by atoms with Gasteiger partial charge in [-0.1, -0.05) is 25.0 Å². The monoisotopic (exact) mass is 358 g/mol. The van der Waals surface area contributed by atoms with Crippen molar-refractivity contribution in [1.82, 2.24) is 9.47 Å². The van der Waals surface area contributed by atoms with Crippen LogP contribution in [0.2, 0.25) is 0 Å². The van der Waals surface area contributed by atoms with Gasteiger partial charge in [-0.2, -0.15) is 0 Å². The molecule has 1 aromatic heterocycles. The van der Waals surface area contributed by atoms with Gasteiger partial charge in [-0.25, -0.2) is 4.39 Å². The van der Waals surface area contributed by atoms with Gasteiger partial charge in [0, 0.05) is 12.7 Å². The number of amides is 1. The van der Waals surface area contributed by atoms with Crippen LogP contribution in [0.15, 0.2) is 47.4 Å². The molecule has 5 nitrogen and oxygen atoms in total. The zero-order valence-electron chi connectivity index (χ0n) is 14.9. The van der Waals surface area contributed by atoms with Gasteiger partial charge in [0.1, 0.15) is 12.4 Å². The molecule has 0 bridgehead atoms. The lowest BCUT2D eigenvalue weighted by molar-refractivity contribution is -0.134. The van der Waals surface area contributed by atoms with Crippen LogP contribution in [-0.4, -0.2) is 29.0 Å². The van der Waals surface area contributed by atoms with Gasteiger partial charge in [0.15, 0.2) is 5.75 Å². The quantitative estimate of drug-likeness (QED) is 0.844. The summed E-state index contributed by atoms with van der Waals surface area (Å²) < 4.78 is 20.1. The molecule has 3 rings (SSSR count). The van der Waals surface area contributed by atoms with Crippen molar-refractivity contribution in [3.8, 4) is 5.75 Å². The van der Waals surface area contributed by atoms with Gasteiger partial charge in [-0.3, -0.25) is 9.59 Å². The lowest BCUT2D eigenvalue weighted by Crippen LogP contribution is -2.39. The standard InChI is InChI=1S/C20H23FN2O3/c1-26-18-10-6-11-22(20(18)25)14-19(24)23-12-4-2-3-9-17(23)15-7-5-8-16(21)13-15/h5-8,10-11,13,17H,2-4,9,12,14H2,1H3/t17-/m0/s1. The highest BCUT2D eigenvalue weighted by Crippen LogP contribution is 2.30. The minimum absolute atomic E-state index is 0.0537. The molecular weight excluding hydrogens is 335 g/mol. The fourth-order valence-corrected chi connectivity index (χ4v) is 3.50. The van der Waals surface area contributed by atoms with Crippen LogP contribution in [-0.2, 0) is 11.3 Å². The van der Waals surface area contributed by atoms with E-state index < -0.39 is 0 Å². The summed E-state index contributed by atoms with van der Waals surface area (Å²) >= 11 is 0. The predicted octanol–water partition coefficient (Wildman–Crippen LogP) is 3.14. The first-order chi connectivity index (χ1) is 12.6. The van der Waals surface area contributed by atoms with E-state index in [2.05, 4.69) is 0 Å². The van der Waals surface area contributed by atoms with Crippen LogP contribution in [0.1, 0.15) is 37.3 Å². The highest BCUT2D eigenvalue weighted by molar-refractivity contribution is 5.76. The average molecular weight is 358 g/mol. The van der Waals surface area contributed by atoms with Gasteiger partial charge in [-0.05, 0) is 42.7 Å². The predicted molar refractivity (Wildman–Crippen MR) is 96.6 cm³/mol. The molecule has 0 radical (unpaired) electrons. The van der Waals surface area contributed by atoms with E-state index in [-0.39, 0.29) is 35.6 Å². The highest BCUT2D eigenvalue weighted by atomic mass is 19.1. The van der Waals surface area contributed by atoms with E-state index in [4.69, 9.17) is 4.74 Å². The molecule has 0 saturated carbocycles. The Morgan fingerprint density at radius 3 is 2.85 bits per heavy atom. The summed E-state index contributed by atoms with van der Waals surface area (Å²) in [7, 11) is 1.43. The van der Waals surface area contributed by atoms with Gasteiger partial charge in [0.2, 0.25) is 5.91 Å². The molecule has 1 aliphatic rings. The normalized spacial score (nSPS) is 17.6. The van der Waals surface area contributed by atoms with Crippen LogP contribution >= 0.6 is 0 Å². The molecule has 0 spiro atoms. The maximum atomic E-state index is 13.7. The average Bonchev–Trinajstić information content (AvgIpc) is 2.89. The van der Waals surface area contributed by atoms with Crippen molar-refractivity contribution in [3.63, 3.8) is 0 Å². The van der Waals surface area contributed by atoms with E-state index >= 15 is 0 Å². The van der Waals surface area contributed by atoms with E-state index in [9.17, 15) is 14.0 Å². The topological polar surface area (TPSA) is 51.5 Å². The number of aromatic nitrogens is 1. The van der Waals surface area contributed by atoms with Crippen LogP contribution in [0.4, 0.5) is 4.39 Å². The summed E-state index contributed by atoms with van der Waals surface area (Å²) in [6.07, 6.45) is 5.31. The largest absolute Gasteiger partial charge is 0.491 e. The fraction of sp³-hybridized carbons (Fsp3) is 0.400. The number of hydrogen-bond acceptors (Lipinski definition) is 3. The number of nitrogens with zero attached hydrogens (tertiary/aromatic N) is 2. The Bertz CT molecular complexity index is 834. The molecule has 1 saturated heterocycles. The SMILES string of the molecule is COc1cccn(CC(=O)N2CCCCC[C@H]2c2cccc(F)c2)c1=O. The molecule has 138 valence electrons. The number of pyridine rings is 1. The molecule has 1 aliphatic heterocycles. The number of carbonyl (C=O) groups excluding carboxylic acids is 1. The number of likely N-dealkylation sites (tertiary alicyclic amines) is 1. The van der Waals surface area contributed by atoms with Crippen LogP contribution in [0.5, 0.6) is 5.75 Å². The first-order valence-electron chi connectivity index (χ1n) is 8.88. The lowest BCUT2D eigenvalue weighted by atomic mass is 10.0. The summed E-state index contributed by atoms with van der Waals surface area (Å²) in [5.41, 5.74) is 0.471. The van der Waals surface area contributed by atoms with Crippen molar-refractivity contribution in [3.05, 3.63) is 64.3 Å². The first kappa shape index (κ1) is 18.2. The molecule has 1 aromatic carbocycles. The Balaban J connectivity index is 1.86. The van der Waals surface area contributed by atoms with E-state index in [1.54, 1.807) is 29.3 Å². The second-order valence-corrected chi connectivity index (χ2v) is 6.52. The van der Waals surface area contributed by atoms with E-state index in [0.29, 0.717) is 6.54 Å². The lowest BCUT2D eigenvalue weighted by Gasteiger charge is -2.31. The molecule has 2 aromatic rings. The Kier molecular flexibility index (Phi) is 5.71. The molecule has 26 heavy (non-hydrogen) atoms. The second kappa shape index (κ2) is 8.17. The highest BCUT2D eigenvalue weighted by Gasteiger charge is 2.27. The molecule has 0 aliphatic carbocycles. The molecular formula is C20H23FN2O3. The fourth-order valence-electron chi connectivity index (χ4n) is 3.50. The zero-order chi connectivity index (χ0) is 18.5. The number of hydrogen-bond donors (Lipinski definition) is 0. The summed E-state index contributed by atoms with van der Waals surface area (Å²) in [5, 5.41) is 0. The van der Waals surface area contributed by atoms with Crippen molar-refractivity contribution in [1.29, 1.82) is 0 Å². The minimum Gasteiger partial charge on any atom is -0.491 e. The molecule has 1 amide bonds. The first-order valence-corrected chi connectivity index (χ1v) is 8.88. The Labute approximate surface area is 152 Å². The molecule has 1 fully saturated rings. The number of benzene rings is 1. The van der Waals surface area contributed by atoms with Crippen molar-refractivity contribution >= 4 is 5.91 Å². The molecule has 0 N–H and O–H groups in total. The van der Waals surface area contributed by atoms with Crippen LogP contribution in [0.25, 0.3) is 0 Å². The smallest absolute Gasteiger partial charge is 0.293 e. The van der Waals surface area contributed by atoms with Gasteiger partial charge in [0.25, 0.3) is 5.56 Å². The summed E-state index contributed by atoms with van der Waals surface area (Å²) in [6.45, 7) is 0.556. The maximum Gasteiger partial charge on any atom is 0.293 e. The number of ether oxygens (including phenoxy) is 1. The molecule has 6 heteroatoms. The van der Waals surface area contributed by atoms with Crippen LogP contribution < -0.4 is 10.3 Å². The van der Waals surface area contributed by atoms with E-state index in [0.717, 1.165) is 31.2 Å². The summed E-state index contributed by atoms with van der Waals surface area (Å²) in [5.74, 6) is -0.238. The van der Waals surface area contributed by atoms with Crippen molar-refractivity contribution < 1.29 is 13.9 Å². The third-order valence-corrected chi connectivity index (χ3v) is 4.82. The van der Waals surface area contributed by atoms with Crippen LogP contribution in [0, 0.1) is 5.82 Å². The number of methoxy groups -OCH3 is 1. The Hall–Kier alpha value is -2.63. The Morgan fingerprint density at radius 1 is 1.23 bits per heavy atom. The van der Waals surface area contributed by atoms with Gasteiger partial charge in [0.05, 0.1) is 13.2 Å². The Morgan fingerprint density at radius 2 is 2.08 bits per heavy atom. The number of rotatable bonds is 4. The molecule has 1 atom stereocenters. The van der Waals surface area contributed by atoms with Crippen molar-refractivity contribution in [2.75, 3.05) is 13.7 Å². The molecule has 2 heterocycles. The number of carbonyl (C=O) groups is 1. The van der Waals surface area contributed by atoms with Gasteiger partial charge in [-0.15, -0.1) is 0 Å². The number of halogens is 1. The van der Waals surface area contributed by atoms with Gasteiger partial charge < -0.3 is 14.2 Å². The van der Waals surface area contributed by atoms with Crippen LogP contribution in [0.3, 0.4) is 0 Å². The molecule has 0 unspecified atom stereocenters.